The Kier molecular flexibility index (Phi) is 5.70. The van der Waals surface area contributed by atoms with Crippen LogP contribution in [0.25, 0.3) is 16.5 Å². The number of rotatable bonds is 6. The van der Waals surface area contributed by atoms with Crippen molar-refractivity contribution in [1.29, 1.82) is 0 Å². The van der Waals surface area contributed by atoms with Crippen molar-refractivity contribution < 1.29 is 23.7 Å². The summed E-state index contributed by atoms with van der Waals surface area (Å²) in [6, 6.07) is 12.6. The number of thiazole rings is 1. The molecule has 1 N–H and O–H groups in total. The van der Waals surface area contributed by atoms with Crippen LogP contribution >= 0.6 is 11.3 Å². The van der Waals surface area contributed by atoms with Gasteiger partial charge in [0.25, 0.3) is 11.6 Å². The first-order valence-electron chi connectivity index (χ1n) is 11.4. The molecule has 6 rings (SSSR count). The Balaban J connectivity index is 1.33. The summed E-state index contributed by atoms with van der Waals surface area (Å²) in [5.41, 5.74) is 0.744. The third kappa shape index (κ3) is 4.13. The fraction of sp³-hybridized carbons (Fsp3) is 0.208. The maximum absolute atomic E-state index is 12.7. The summed E-state index contributed by atoms with van der Waals surface area (Å²) in [6.07, 6.45) is 2.99. The predicted molar refractivity (Wildman–Crippen MR) is 131 cm³/mol. The summed E-state index contributed by atoms with van der Waals surface area (Å²) in [7, 11) is 0. The number of nitro groups is 1. The molecule has 4 aromatic heterocycles. The van der Waals surface area contributed by atoms with E-state index in [2.05, 4.69) is 15.0 Å². The molecule has 1 aromatic carbocycles. The molecule has 0 saturated carbocycles. The second-order valence-electron chi connectivity index (χ2n) is 8.45. The first kappa shape index (κ1) is 22.9. The Morgan fingerprint density at radius 2 is 1.78 bits per heavy atom. The zero-order valence-electron chi connectivity index (χ0n) is 19.3. The zero-order chi connectivity index (χ0) is 25.5. The third-order valence-corrected chi connectivity index (χ3v) is 7.38. The quantitative estimate of drug-likeness (QED) is 0.261. The molecule has 1 fully saturated rings. The van der Waals surface area contributed by atoms with Gasteiger partial charge in [0.1, 0.15) is 0 Å². The van der Waals surface area contributed by atoms with Crippen molar-refractivity contribution in [3.63, 3.8) is 0 Å². The van der Waals surface area contributed by atoms with Crippen molar-refractivity contribution in [3.05, 3.63) is 87.4 Å². The molecule has 188 valence electrons. The van der Waals surface area contributed by atoms with Gasteiger partial charge >= 0.3 is 0 Å². The second-order valence-corrected chi connectivity index (χ2v) is 9.46. The number of aromatic hydroxyl groups is 1. The zero-order valence-corrected chi connectivity index (χ0v) is 20.1. The SMILES string of the molecule is O=C(c1ccco1)N1CCN(C(c2ccc([N+](=O)[O-])cc2)c2sc3nc(-c4ccco4)nn3c2O)CC1. The number of non-ortho nitro benzene ring substituents is 1. The summed E-state index contributed by atoms with van der Waals surface area (Å²) < 4.78 is 12.0. The van der Waals surface area contributed by atoms with E-state index in [0.717, 1.165) is 5.56 Å². The molecule has 0 bridgehead atoms. The van der Waals surface area contributed by atoms with Gasteiger partial charge in [-0.25, -0.2) is 0 Å². The Labute approximate surface area is 213 Å². The van der Waals surface area contributed by atoms with Gasteiger partial charge in [0, 0.05) is 38.3 Å². The normalized spacial score (nSPS) is 15.3. The monoisotopic (exact) mass is 520 g/mol. The summed E-state index contributed by atoms with van der Waals surface area (Å²) in [4.78, 5) is 32.9. The molecule has 1 unspecified atom stereocenters. The summed E-state index contributed by atoms with van der Waals surface area (Å²) in [5, 5.41) is 26.8. The Morgan fingerprint density at radius 3 is 2.41 bits per heavy atom. The number of hydrogen-bond donors (Lipinski definition) is 1. The lowest BCUT2D eigenvalue weighted by Gasteiger charge is -2.38. The highest BCUT2D eigenvalue weighted by Crippen LogP contribution is 2.41. The standard InChI is InChI=1S/C24H20N6O6S/c31-22(18-4-2-14-36-18)28-11-9-27(10-12-28)19(15-5-7-16(8-6-15)30(33)34)20-23(32)29-24(37-20)25-21(26-29)17-3-1-13-35-17/h1-8,13-14,19,32H,9-12H2. The van der Waals surface area contributed by atoms with E-state index < -0.39 is 11.0 Å². The number of hydrogen-bond acceptors (Lipinski definition) is 10. The number of carbonyl (C=O) groups excluding carboxylic acids is 1. The molecule has 5 aromatic rings. The summed E-state index contributed by atoms with van der Waals surface area (Å²) in [5.74, 6) is 0.887. The van der Waals surface area contributed by atoms with E-state index in [9.17, 15) is 20.0 Å². The van der Waals surface area contributed by atoms with Crippen molar-refractivity contribution in [3.8, 4) is 17.5 Å². The number of benzene rings is 1. The maximum atomic E-state index is 12.7. The third-order valence-electron chi connectivity index (χ3n) is 6.31. The van der Waals surface area contributed by atoms with Gasteiger partial charge in [-0.1, -0.05) is 23.5 Å². The topological polar surface area (TPSA) is 143 Å². The molecular formula is C24H20N6O6S. The number of aromatic nitrogens is 3. The van der Waals surface area contributed by atoms with Crippen LogP contribution in [0.15, 0.2) is 69.9 Å². The van der Waals surface area contributed by atoms with E-state index in [4.69, 9.17) is 8.83 Å². The van der Waals surface area contributed by atoms with Gasteiger partial charge in [-0.15, -0.1) is 5.10 Å². The van der Waals surface area contributed by atoms with E-state index in [1.165, 1.54) is 40.5 Å². The lowest BCUT2D eigenvalue weighted by molar-refractivity contribution is -0.384. The number of carbonyl (C=O) groups is 1. The van der Waals surface area contributed by atoms with Gasteiger partial charge in [0.05, 0.1) is 28.4 Å². The summed E-state index contributed by atoms with van der Waals surface area (Å²) >= 11 is 1.28. The van der Waals surface area contributed by atoms with Gasteiger partial charge in [-0.3, -0.25) is 19.8 Å². The van der Waals surface area contributed by atoms with Crippen LogP contribution < -0.4 is 0 Å². The van der Waals surface area contributed by atoms with Gasteiger partial charge in [-0.05, 0) is 29.8 Å². The van der Waals surface area contributed by atoms with Gasteiger partial charge in [0.2, 0.25) is 16.7 Å². The number of nitrogens with zero attached hydrogens (tertiary/aromatic N) is 6. The van der Waals surface area contributed by atoms with Crippen molar-refractivity contribution in [2.24, 2.45) is 0 Å². The largest absolute Gasteiger partial charge is 0.492 e. The van der Waals surface area contributed by atoms with Crippen LogP contribution in [0.2, 0.25) is 0 Å². The van der Waals surface area contributed by atoms with E-state index in [1.807, 2.05) is 0 Å². The Bertz CT molecular complexity index is 1550. The van der Waals surface area contributed by atoms with Crippen molar-refractivity contribution in [2.75, 3.05) is 26.2 Å². The minimum Gasteiger partial charge on any atom is -0.492 e. The van der Waals surface area contributed by atoms with Gasteiger partial charge < -0.3 is 18.8 Å². The fourth-order valence-corrected chi connectivity index (χ4v) is 5.60. The molecule has 37 heavy (non-hydrogen) atoms. The van der Waals surface area contributed by atoms with Crippen LogP contribution in [0.3, 0.4) is 0 Å². The lowest BCUT2D eigenvalue weighted by atomic mass is 10.0. The molecule has 1 aliphatic rings. The highest BCUT2D eigenvalue weighted by molar-refractivity contribution is 7.17. The molecule has 13 heteroatoms. The molecule has 12 nitrogen and oxygen atoms in total. The van der Waals surface area contributed by atoms with Crippen LogP contribution in [-0.2, 0) is 0 Å². The number of fused-ring (bicyclic) bond motifs is 1. The summed E-state index contributed by atoms with van der Waals surface area (Å²) in [6.45, 7) is 1.93. The highest BCUT2D eigenvalue weighted by atomic mass is 32.1. The lowest BCUT2D eigenvalue weighted by Crippen LogP contribution is -2.49. The van der Waals surface area contributed by atoms with Crippen molar-refractivity contribution in [2.45, 2.75) is 6.04 Å². The van der Waals surface area contributed by atoms with E-state index in [1.54, 1.807) is 41.3 Å². The molecule has 1 saturated heterocycles. The molecule has 1 amide bonds. The maximum Gasteiger partial charge on any atom is 0.289 e. The first-order chi connectivity index (χ1) is 18.0. The molecule has 0 aliphatic carbocycles. The van der Waals surface area contributed by atoms with E-state index in [-0.39, 0.29) is 23.2 Å². The highest BCUT2D eigenvalue weighted by Gasteiger charge is 2.33. The smallest absolute Gasteiger partial charge is 0.289 e. The van der Waals surface area contributed by atoms with Crippen LogP contribution in [0.5, 0.6) is 5.88 Å². The molecule has 0 radical (unpaired) electrons. The first-order valence-corrected chi connectivity index (χ1v) is 12.2. The van der Waals surface area contributed by atoms with E-state index in [0.29, 0.717) is 47.6 Å². The van der Waals surface area contributed by atoms with Crippen LogP contribution in [0.1, 0.15) is 27.0 Å². The number of nitro benzene ring substituents is 1. The number of piperazine rings is 1. The Hall–Kier alpha value is -4.49. The van der Waals surface area contributed by atoms with Crippen LogP contribution in [-0.4, -0.2) is 66.5 Å². The number of furan rings is 2. The van der Waals surface area contributed by atoms with Crippen LogP contribution in [0, 0.1) is 10.1 Å². The second kappa shape index (κ2) is 9.19. The average Bonchev–Trinajstić information content (AvgIpc) is 3.72. The van der Waals surface area contributed by atoms with E-state index >= 15 is 0 Å². The van der Waals surface area contributed by atoms with Crippen molar-refractivity contribution in [1.82, 2.24) is 24.4 Å². The van der Waals surface area contributed by atoms with Gasteiger partial charge in [0.15, 0.2) is 11.5 Å². The van der Waals surface area contributed by atoms with Crippen LogP contribution in [0.4, 0.5) is 5.69 Å². The molecule has 1 atom stereocenters. The minimum atomic E-state index is -0.450. The van der Waals surface area contributed by atoms with Crippen molar-refractivity contribution >= 4 is 27.9 Å². The molecule has 5 heterocycles. The van der Waals surface area contributed by atoms with Gasteiger partial charge in [-0.2, -0.15) is 9.50 Å². The molecule has 0 spiro atoms. The molecular weight excluding hydrogens is 500 g/mol. The number of amides is 1. The predicted octanol–water partition coefficient (Wildman–Crippen LogP) is 3.81. The fourth-order valence-electron chi connectivity index (χ4n) is 4.48. The minimum absolute atomic E-state index is 0.0219. The molecule has 1 aliphatic heterocycles. The Morgan fingerprint density at radius 1 is 1.05 bits per heavy atom. The average molecular weight is 521 g/mol.